The van der Waals surface area contributed by atoms with Gasteiger partial charge in [-0.05, 0) is 30.7 Å². The van der Waals surface area contributed by atoms with Crippen molar-refractivity contribution in [2.24, 2.45) is 5.73 Å². The van der Waals surface area contributed by atoms with Crippen LogP contribution in [0.15, 0.2) is 24.5 Å². The lowest BCUT2D eigenvalue weighted by Gasteiger charge is -2.27. The number of aromatic nitrogens is 1. The summed E-state index contributed by atoms with van der Waals surface area (Å²) in [6.07, 6.45) is 4.26. The highest BCUT2D eigenvalue weighted by molar-refractivity contribution is 5.79. The molecular weight excluding hydrogens is 202 g/mol. The van der Waals surface area contributed by atoms with Crippen LogP contribution in [0.5, 0.6) is 0 Å². The Morgan fingerprint density at radius 3 is 2.50 bits per heavy atom. The minimum Gasteiger partial charge on any atom is -0.368 e. The van der Waals surface area contributed by atoms with Crippen molar-refractivity contribution in [1.29, 1.82) is 0 Å². The molecule has 0 aliphatic carbocycles. The quantitative estimate of drug-likeness (QED) is 0.784. The fraction of sp³-hybridized carbons (Fsp3) is 0.500. The van der Waals surface area contributed by atoms with Crippen molar-refractivity contribution in [3.8, 4) is 0 Å². The van der Waals surface area contributed by atoms with Crippen molar-refractivity contribution in [3.05, 3.63) is 30.1 Å². The van der Waals surface area contributed by atoms with Gasteiger partial charge in [-0.3, -0.25) is 14.7 Å². The molecule has 0 fully saturated rings. The van der Waals surface area contributed by atoms with Crippen molar-refractivity contribution in [2.45, 2.75) is 32.9 Å². The number of likely N-dealkylation sites (N-methyl/N-ethyl adjacent to an activating group) is 1. The molecule has 0 saturated carbocycles. The summed E-state index contributed by atoms with van der Waals surface area (Å²) in [6.45, 7) is 5.56. The van der Waals surface area contributed by atoms with E-state index in [0.29, 0.717) is 0 Å². The van der Waals surface area contributed by atoms with Gasteiger partial charge in [0.25, 0.3) is 0 Å². The minimum atomic E-state index is -0.251. The SMILES string of the molecule is CCC(C(N)=O)N(CC)Cc1ccncc1. The molecule has 1 rings (SSSR count). The van der Waals surface area contributed by atoms with Gasteiger partial charge in [-0.15, -0.1) is 0 Å². The van der Waals surface area contributed by atoms with E-state index in [1.165, 1.54) is 0 Å². The van der Waals surface area contributed by atoms with Gasteiger partial charge in [0.1, 0.15) is 0 Å². The molecule has 0 spiro atoms. The van der Waals surface area contributed by atoms with E-state index in [-0.39, 0.29) is 11.9 Å². The minimum absolute atomic E-state index is 0.182. The molecule has 0 bridgehead atoms. The largest absolute Gasteiger partial charge is 0.368 e. The fourth-order valence-electron chi connectivity index (χ4n) is 1.80. The van der Waals surface area contributed by atoms with Crippen LogP contribution in [-0.4, -0.2) is 28.4 Å². The molecule has 0 radical (unpaired) electrons. The Morgan fingerprint density at radius 2 is 2.06 bits per heavy atom. The van der Waals surface area contributed by atoms with Gasteiger partial charge in [0, 0.05) is 18.9 Å². The highest BCUT2D eigenvalue weighted by atomic mass is 16.1. The van der Waals surface area contributed by atoms with E-state index in [2.05, 4.69) is 9.88 Å². The Kier molecular flexibility index (Phi) is 4.92. The molecule has 0 aliphatic rings. The van der Waals surface area contributed by atoms with Crippen LogP contribution in [-0.2, 0) is 11.3 Å². The van der Waals surface area contributed by atoms with Gasteiger partial charge in [0.05, 0.1) is 6.04 Å². The first-order valence-electron chi connectivity index (χ1n) is 5.61. The van der Waals surface area contributed by atoms with Gasteiger partial charge in [-0.2, -0.15) is 0 Å². The molecule has 1 heterocycles. The molecule has 1 amide bonds. The second kappa shape index (κ2) is 6.23. The maximum atomic E-state index is 11.3. The van der Waals surface area contributed by atoms with Gasteiger partial charge in [0.2, 0.25) is 5.91 Å². The monoisotopic (exact) mass is 221 g/mol. The lowest BCUT2D eigenvalue weighted by Crippen LogP contribution is -2.43. The van der Waals surface area contributed by atoms with E-state index in [4.69, 9.17) is 5.73 Å². The Morgan fingerprint density at radius 1 is 1.44 bits per heavy atom. The lowest BCUT2D eigenvalue weighted by atomic mass is 10.1. The van der Waals surface area contributed by atoms with Crippen LogP contribution in [0.2, 0.25) is 0 Å². The number of carbonyl (C=O) groups excluding carboxylic acids is 1. The third-order valence-corrected chi connectivity index (χ3v) is 2.70. The predicted molar refractivity (Wildman–Crippen MR) is 63.6 cm³/mol. The van der Waals surface area contributed by atoms with Crippen LogP contribution in [0, 0.1) is 0 Å². The first-order chi connectivity index (χ1) is 7.69. The van der Waals surface area contributed by atoms with Crippen LogP contribution >= 0.6 is 0 Å². The molecule has 4 nitrogen and oxygen atoms in total. The number of hydrogen-bond donors (Lipinski definition) is 1. The molecule has 0 aliphatic heterocycles. The Hall–Kier alpha value is -1.42. The van der Waals surface area contributed by atoms with Gasteiger partial charge < -0.3 is 5.73 Å². The average molecular weight is 221 g/mol. The fourth-order valence-corrected chi connectivity index (χ4v) is 1.80. The van der Waals surface area contributed by atoms with Crippen molar-refractivity contribution in [1.82, 2.24) is 9.88 Å². The summed E-state index contributed by atoms with van der Waals surface area (Å²) in [5.41, 5.74) is 6.53. The van der Waals surface area contributed by atoms with E-state index < -0.39 is 0 Å². The van der Waals surface area contributed by atoms with Crippen LogP contribution in [0.1, 0.15) is 25.8 Å². The number of primary amides is 1. The molecule has 16 heavy (non-hydrogen) atoms. The summed E-state index contributed by atoms with van der Waals surface area (Å²) in [5.74, 6) is -0.251. The lowest BCUT2D eigenvalue weighted by molar-refractivity contribution is -0.123. The van der Waals surface area contributed by atoms with Crippen LogP contribution in [0.3, 0.4) is 0 Å². The summed E-state index contributed by atoms with van der Waals surface area (Å²) in [4.78, 5) is 17.3. The third kappa shape index (κ3) is 3.31. The Bertz CT molecular complexity index is 326. The third-order valence-electron chi connectivity index (χ3n) is 2.70. The molecule has 1 unspecified atom stereocenters. The van der Waals surface area contributed by atoms with Gasteiger partial charge >= 0.3 is 0 Å². The molecule has 1 aromatic rings. The zero-order chi connectivity index (χ0) is 12.0. The highest BCUT2D eigenvalue weighted by Crippen LogP contribution is 2.09. The summed E-state index contributed by atoms with van der Waals surface area (Å²) in [5, 5.41) is 0. The maximum absolute atomic E-state index is 11.3. The molecule has 0 aromatic carbocycles. The van der Waals surface area contributed by atoms with Crippen molar-refractivity contribution in [3.63, 3.8) is 0 Å². The maximum Gasteiger partial charge on any atom is 0.234 e. The van der Waals surface area contributed by atoms with E-state index >= 15 is 0 Å². The number of amides is 1. The number of carbonyl (C=O) groups is 1. The number of rotatable bonds is 6. The van der Waals surface area contributed by atoms with Gasteiger partial charge in [-0.1, -0.05) is 13.8 Å². The van der Waals surface area contributed by atoms with E-state index in [1.54, 1.807) is 12.4 Å². The Balaban J connectivity index is 2.71. The first-order valence-corrected chi connectivity index (χ1v) is 5.61. The summed E-state index contributed by atoms with van der Waals surface area (Å²) >= 11 is 0. The number of nitrogens with zero attached hydrogens (tertiary/aromatic N) is 2. The second-order valence-electron chi connectivity index (χ2n) is 3.74. The van der Waals surface area contributed by atoms with Crippen LogP contribution in [0.4, 0.5) is 0 Å². The topological polar surface area (TPSA) is 59.2 Å². The van der Waals surface area contributed by atoms with E-state index in [0.717, 1.165) is 25.1 Å². The first kappa shape index (κ1) is 12.6. The normalized spacial score (nSPS) is 12.7. The van der Waals surface area contributed by atoms with Gasteiger partial charge in [0.15, 0.2) is 0 Å². The van der Waals surface area contributed by atoms with Gasteiger partial charge in [-0.25, -0.2) is 0 Å². The van der Waals surface area contributed by atoms with Crippen LogP contribution < -0.4 is 5.73 Å². The van der Waals surface area contributed by atoms with E-state index in [9.17, 15) is 4.79 Å². The molecular formula is C12H19N3O. The smallest absolute Gasteiger partial charge is 0.234 e. The molecule has 0 saturated heterocycles. The molecule has 88 valence electrons. The highest BCUT2D eigenvalue weighted by Gasteiger charge is 2.20. The summed E-state index contributed by atoms with van der Waals surface area (Å²) in [7, 11) is 0. The Labute approximate surface area is 96.5 Å². The number of pyridine rings is 1. The molecule has 1 atom stereocenters. The van der Waals surface area contributed by atoms with Crippen molar-refractivity contribution >= 4 is 5.91 Å². The van der Waals surface area contributed by atoms with Crippen LogP contribution in [0.25, 0.3) is 0 Å². The number of hydrogen-bond acceptors (Lipinski definition) is 3. The summed E-state index contributed by atoms with van der Waals surface area (Å²) < 4.78 is 0. The molecule has 1 aromatic heterocycles. The average Bonchev–Trinajstić information content (AvgIpc) is 2.29. The predicted octanol–water partition coefficient (Wildman–Crippen LogP) is 1.17. The molecule has 4 heteroatoms. The zero-order valence-corrected chi connectivity index (χ0v) is 9.89. The van der Waals surface area contributed by atoms with E-state index in [1.807, 2.05) is 26.0 Å². The summed E-state index contributed by atoms with van der Waals surface area (Å²) in [6, 6.07) is 3.73. The zero-order valence-electron chi connectivity index (χ0n) is 9.89. The standard InChI is InChI=1S/C12H19N3O/c1-3-11(12(13)16)15(4-2)9-10-5-7-14-8-6-10/h5-8,11H,3-4,9H2,1-2H3,(H2,13,16). The second-order valence-corrected chi connectivity index (χ2v) is 3.74. The number of nitrogens with two attached hydrogens (primary N) is 1. The van der Waals surface area contributed by atoms with Crippen molar-refractivity contribution < 1.29 is 4.79 Å². The molecule has 2 N–H and O–H groups in total. The van der Waals surface area contributed by atoms with Crippen molar-refractivity contribution in [2.75, 3.05) is 6.54 Å².